The van der Waals surface area contributed by atoms with Crippen LogP contribution >= 0.6 is 0 Å². The zero-order chi connectivity index (χ0) is 21.3. The number of methoxy groups -OCH3 is 1. The number of carbonyl (C=O) groups is 2. The van der Waals surface area contributed by atoms with Gasteiger partial charge < -0.3 is 9.84 Å². The van der Waals surface area contributed by atoms with E-state index in [4.69, 9.17) is 4.74 Å². The van der Waals surface area contributed by atoms with E-state index >= 15 is 0 Å². The molecule has 3 aromatic rings. The lowest BCUT2D eigenvalue weighted by Gasteiger charge is -2.25. The monoisotopic (exact) mass is 404 g/mol. The maximum atomic E-state index is 13.3. The summed E-state index contributed by atoms with van der Waals surface area (Å²) in [5, 5.41) is 10.9. The minimum Gasteiger partial charge on any atom is -0.507 e. The number of amides is 1. The van der Waals surface area contributed by atoms with Gasteiger partial charge in [0.2, 0.25) is 0 Å². The Morgan fingerprint density at radius 2 is 1.63 bits per heavy atom. The molecule has 1 N–H and O–H groups in total. The maximum absolute atomic E-state index is 13.3. The molecule has 1 aromatic heterocycles. The Morgan fingerprint density at radius 3 is 2.23 bits per heavy atom. The number of ketones is 1. The molecule has 2 heterocycles. The van der Waals surface area contributed by atoms with Crippen LogP contribution in [0.5, 0.6) is 5.75 Å². The van der Waals surface area contributed by atoms with E-state index in [1.807, 2.05) is 0 Å². The van der Waals surface area contributed by atoms with E-state index in [1.54, 1.807) is 48.8 Å². The number of hydrogen-bond acceptors (Lipinski definition) is 5. The van der Waals surface area contributed by atoms with Crippen LogP contribution in [-0.2, 0) is 9.59 Å². The smallest absolute Gasteiger partial charge is 0.300 e. The number of carbonyl (C=O) groups excluding carboxylic acids is 2. The van der Waals surface area contributed by atoms with Gasteiger partial charge in [-0.25, -0.2) is 4.39 Å². The fourth-order valence-electron chi connectivity index (χ4n) is 3.47. The molecule has 2 aromatic carbocycles. The molecule has 1 amide bonds. The Labute approximate surface area is 171 Å². The molecule has 4 rings (SSSR count). The Bertz CT molecular complexity index is 1130. The number of benzene rings is 2. The van der Waals surface area contributed by atoms with E-state index in [0.717, 1.165) is 0 Å². The number of rotatable bonds is 4. The quantitative estimate of drug-likeness (QED) is 0.406. The Hall–Kier alpha value is -4.00. The van der Waals surface area contributed by atoms with Crippen LogP contribution in [-0.4, -0.2) is 28.9 Å². The first-order valence-corrected chi connectivity index (χ1v) is 9.12. The molecule has 6 nitrogen and oxygen atoms in total. The van der Waals surface area contributed by atoms with Gasteiger partial charge in [0.1, 0.15) is 17.3 Å². The van der Waals surface area contributed by atoms with Crippen molar-refractivity contribution < 1.29 is 23.8 Å². The standard InChI is InChI=1S/C23H17FN2O4/c1-30-18-8-6-17(7-9-18)26-20(14-10-12-25-13-11-14)19(22(28)23(26)29)21(27)15-2-4-16(24)5-3-15/h2-13,20,27H,1H3/b21-19-. The van der Waals surface area contributed by atoms with Gasteiger partial charge in [0.15, 0.2) is 0 Å². The van der Waals surface area contributed by atoms with Crippen LogP contribution < -0.4 is 9.64 Å². The van der Waals surface area contributed by atoms with Gasteiger partial charge in [-0.1, -0.05) is 0 Å². The van der Waals surface area contributed by atoms with Crippen molar-refractivity contribution in [3.05, 3.63) is 95.6 Å². The zero-order valence-corrected chi connectivity index (χ0v) is 15.9. The highest BCUT2D eigenvalue weighted by Gasteiger charge is 2.46. The number of anilines is 1. The second-order valence-electron chi connectivity index (χ2n) is 6.65. The van der Waals surface area contributed by atoms with Gasteiger partial charge in [0, 0.05) is 23.6 Å². The van der Waals surface area contributed by atoms with E-state index < -0.39 is 23.5 Å². The number of ether oxygens (including phenoxy) is 1. The number of hydrogen-bond donors (Lipinski definition) is 1. The number of pyridine rings is 1. The van der Waals surface area contributed by atoms with Gasteiger partial charge in [-0.05, 0) is 66.2 Å². The molecule has 0 spiro atoms. The summed E-state index contributed by atoms with van der Waals surface area (Å²) in [6.45, 7) is 0. The molecule has 1 saturated heterocycles. The van der Waals surface area contributed by atoms with E-state index in [-0.39, 0.29) is 16.9 Å². The predicted octanol–water partition coefficient (Wildman–Crippen LogP) is 3.86. The van der Waals surface area contributed by atoms with Gasteiger partial charge in [-0.2, -0.15) is 0 Å². The molecule has 1 fully saturated rings. The van der Waals surface area contributed by atoms with Gasteiger partial charge in [-0.15, -0.1) is 0 Å². The van der Waals surface area contributed by atoms with Crippen molar-refractivity contribution in [2.75, 3.05) is 12.0 Å². The third kappa shape index (κ3) is 3.30. The number of Topliss-reactive ketones (excluding diaryl/α,β-unsaturated/α-hetero) is 1. The Morgan fingerprint density at radius 1 is 1.00 bits per heavy atom. The zero-order valence-electron chi connectivity index (χ0n) is 15.9. The van der Waals surface area contributed by atoms with Crippen molar-refractivity contribution in [1.29, 1.82) is 0 Å². The van der Waals surface area contributed by atoms with Crippen LogP contribution in [0.25, 0.3) is 5.76 Å². The van der Waals surface area contributed by atoms with Gasteiger partial charge >= 0.3 is 0 Å². The first-order valence-electron chi connectivity index (χ1n) is 9.12. The van der Waals surface area contributed by atoms with Crippen molar-refractivity contribution >= 4 is 23.1 Å². The third-order valence-corrected chi connectivity index (χ3v) is 4.93. The summed E-state index contributed by atoms with van der Waals surface area (Å²) in [5.41, 5.74) is 1.23. The lowest BCUT2D eigenvalue weighted by molar-refractivity contribution is -0.132. The lowest BCUT2D eigenvalue weighted by Crippen LogP contribution is -2.29. The average Bonchev–Trinajstić information content (AvgIpc) is 3.05. The molecular formula is C23H17FN2O4. The summed E-state index contributed by atoms with van der Waals surface area (Å²) in [7, 11) is 1.53. The maximum Gasteiger partial charge on any atom is 0.300 e. The van der Waals surface area contributed by atoms with Crippen molar-refractivity contribution in [2.45, 2.75) is 6.04 Å². The largest absolute Gasteiger partial charge is 0.507 e. The van der Waals surface area contributed by atoms with Crippen molar-refractivity contribution in [3.8, 4) is 5.75 Å². The topological polar surface area (TPSA) is 79.7 Å². The van der Waals surface area contributed by atoms with E-state index in [0.29, 0.717) is 17.0 Å². The average molecular weight is 404 g/mol. The molecule has 1 unspecified atom stereocenters. The normalized spacial score (nSPS) is 17.9. The molecule has 1 aliphatic rings. The first kappa shape index (κ1) is 19.3. The lowest BCUT2D eigenvalue weighted by atomic mass is 9.96. The summed E-state index contributed by atoms with van der Waals surface area (Å²) in [5.74, 6) is -1.84. The minimum atomic E-state index is -0.869. The van der Waals surface area contributed by atoms with E-state index in [1.165, 1.54) is 36.3 Å². The van der Waals surface area contributed by atoms with Crippen molar-refractivity contribution in [2.24, 2.45) is 0 Å². The van der Waals surface area contributed by atoms with E-state index in [9.17, 15) is 19.1 Å². The van der Waals surface area contributed by atoms with Crippen LogP contribution in [0.15, 0.2) is 78.6 Å². The molecule has 0 saturated carbocycles. The number of aliphatic hydroxyl groups excluding tert-OH is 1. The summed E-state index contributed by atoms with van der Waals surface area (Å²) in [6.07, 6.45) is 3.09. The van der Waals surface area contributed by atoms with Crippen LogP contribution in [0.3, 0.4) is 0 Å². The summed E-state index contributed by atoms with van der Waals surface area (Å²) in [4.78, 5) is 31.2. The second-order valence-corrected chi connectivity index (χ2v) is 6.65. The predicted molar refractivity (Wildman–Crippen MR) is 108 cm³/mol. The van der Waals surface area contributed by atoms with Gasteiger partial charge in [0.25, 0.3) is 11.7 Å². The van der Waals surface area contributed by atoms with Crippen LogP contribution in [0.2, 0.25) is 0 Å². The number of aromatic nitrogens is 1. The SMILES string of the molecule is COc1ccc(N2C(=O)C(=O)/C(=C(\O)c3ccc(F)cc3)C2c2ccncc2)cc1. The number of aliphatic hydroxyl groups is 1. The highest BCUT2D eigenvalue weighted by Crippen LogP contribution is 2.42. The van der Waals surface area contributed by atoms with Crippen LogP contribution in [0, 0.1) is 5.82 Å². The molecule has 7 heteroatoms. The molecule has 0 bridgehead atoms. The minimum absolute atomic E-state index is 0.0753. The molecule has 30 heavy (non-hydrogen) atoms. The highest BCUT2D eigenvalue weighted by molar-refractivity contribution is 6.51. The van der Waals surface area contributed by atoms with Crippen molar-refractivity contribution in [1.82, 2.24) is 4.98 Å². The van der Waals surface area contributed by atoms with Crippen LogP contribution in [0.1, 0.15) is 17.2 Å². The molecule has 1 aliphatic heterocycles. The highest BCUT2D eigenvalue weighted by atomic mass is 19.1. The molecule has 1 atom stereocenters. The molecular weight excluding hydrogens is 387 g/mol. The van der Waals surface area contributed by atoms with Gasteiger partial charge in [0.05, 0.1) is 18.7 Å². The summed E-state index contributed by atoms with van der Waals surface area (Å²) >= 11 is 0. The fraction of sp³-hybridized carbons (Fsp3) is 0.0870. The van der Waals surface area contributed by atoms with E-state index in [2.05, 4.69) is 4.98 Å². The number of halogens is 1. The summed E-state index contributed by atoms with van der Waals surface area (Å²) < 4.78 is 18.5. The number of nitrogens with zero attached hydrogens (tertiary/aromatic N) is 2. The summed E-state index contributed by atoms with van der Waals surface area (Å²) in [6, 6.07) is 14.2. The molecule has 0 radical (unpaired) electrons. The molecule has 0 aliphatic carbocycles. The first-order chi connectivity index (χ1) is 14.5. The Kier molecular flexibility index (Phi) is 5.02. The third-order valence-electron chi connectivity index (χ3n) is 4.93. The Balaban J connectivity index is 1.90. The van der Waals surface area contributed by atoms with Crippen molar-refractivity contribution in [3.63, 3.8) is 0 Å². The second kappa shape index (κ2) is 7.79. The van der Waals surface area contributed by atoms with Gasteiger partial charge in [-0.3, -0.25) is 19.5 Å². The van der Waals surface area contributed by atoms with Crippen LogP contribution in [0.4, 0.5) is 10.1 Å². The molecule has 150 valence electrons. The fourth-order valence-corrected chi connectivity index (χ4v) is 3.47.